The molecule has 0 amide bonds. The smallest absolute Gasteiger partial charge is 0.232 e. The molecule has 0 spiro atoms. The molecule has 0 saturated carbocycles. The zero-order valence-electron chi connectivity index (χ0n) is 20.0. The highest BCUT2D eigenvalue weighted by Gasteiger charge is 2.24. The Kier molecular flexibility index (Phi) is 7.85. The van der Waals surface area contributed by atoms with Gasteiger partial charge in [-0.05, 0) is 74.9 Å². The molecular weight excluding hydrogens is 432 g/mol. The number of benzene rings is 1. The fraction of sp³-hybridized carbons (Fsp3) is 0.560. The number of methoxy groups -OCH3 is 1. The number of aromatic nitrogens is 2. The number of rotatable bonds is 6. The van der Waals surface area contributed by atoms with Gasteiger partial charge in [-0.3, -0.25) is 0 Å². The van der Waals surface area contributed by atoms with Gasteiger partial charge < -0.3 is 25.2 Å². The zero-order valence-corrected chi connectivity index (χ0v) is 20.8. The third-order valence-electron chi connectivity index (χ3n) is 6.74. The van der Waals surface area contributed by atoms with E-state index in [1.54, 1.807) is 7.11 Å². The minimum atomic E-state index is 0.482. The van der Waals surface area contributed by atoms with Crippen molar-refractivity contribution in [2.24, 2.45) is 5.92 Å². The second-order valence-corrected chi connectivity index (χ2v) is 9.68. The molecule has 2 aromatic rings. The summed E-state index contributed by atoms with van der Waals surface area (Å²) in [5, 5.41) is 7.03. The Hall–Kier alpha value is -2.61. The molecule has 2 saturated heterocycles. The number of anilines is 3. The maximum absolute atomic E-state index is 5.57. The van der Waals surface area contributed by atoms with Gasteiger partial charge in [0.05, 0.1) is 7.11 Å². The Bertz CT molecular complexity index is 929. The van der Waals surface area contributed by atoms with E-state index in [9.17, 15) is 0 Å². The first-order valence-electron chi connectivity index (χ1n) is 12.1. The molecule has 3 heterocycles. The van der Waals surface area contributed by atoms with Crippen LogP contribution in [0.1, 0.15) is 51.5 Å². The van der Waals surface area contributed by atoms with E-state index in [0.29, 0.717) is 23.6 Å². The van der Waals surface area contributed by atoms with Gasteiger partial charge in [-0.15, -0.1) is 0 Å². The molecule has 0 bridgehead atoms. The number of thiocarbonyl (C=S) groups is 1. The zero-order chi connectivity index (χ0) is 23.2. The second-order valence-electron chi connectivity index (χ2n) is 9.27. The van der Waals surface area contributed by atoms with Gasteiger partial charge in [0.1, 0.15) is 17.4 Å². The lowest BCUT2D eigenvalue weighted by molar-refractivity contribution is 0.414. The summed E-state index contributed by atoms with van der Waals surface area (Å²) in [6.07, 6.45) is 6.08. The lowest BCUT2D eigenvalue weighted by atomic mass is 9.99. The van der Waals surface area contributed by atoms with Gasteiger partial charge >= 0.3 is 0 Å². The van der Waals surface area contributed by atoms with E-state index in [4.69, 9.17) is 26.9 Å². The van der Waals surface area contributed by atoms with Crippen LogP contribution in [0.15, 0.2) is 30.3 Å². The molecule has 0 radical (unpaired) electrons. The lowest BCUT2D eigenvalue weighted by Gasteiger charge is -2.36. The second kappa shape index (κ2) is 11.0. The topological polar surface area (TPSA) is 65.6 Å². The summed E-state index contributed by atoms with van der Waals surface area (Å²) in [7, 11) is 1.67. The van der Waals surface area contributed by atoms with Crippen molar-refractivity contribution in [3.8, 4) is 5.75 Å². The molecule has 2 aliphatic heterocycles. The highest BCUT2D eigenvalue weighted by atomic mass is 32.1. The molecule has 2 aliphatic rings. The fourth-order valence-electron chi connectivity index (χ4n) is 4.53. The highest BCUT2D eigenvalue weighted by molar-refractivity contribution is 7.80. The summed E-state index contributed by atoms with van der Waals surface area (Å²) < 4.78 is 5.23. The van der Waals surface area contributed by atoms with E-state index in [-0.39, 0.29) is 0 Å². The van der Waals surface area contributed by atoms with Crippen molar-refractivity contribution >= 4 is 34.9 Å². The average Bonchev–Trinajstić information content (AvgIpc) is 2.83. The van der Waals surface area contributed by atoms with Gasteiger partial charge in [-0.25, -0.2) is 0 Å². The Balaban J connectivity index is 1.48. The maximum atomic E-state index is 5.57. The van der Waals surface area contributed by atoms with Crippen molar-refractivity contribution in [3.05, 3.63) is 35.9 Å². The minimum Gasteiger partial charge on any atom is -0.497 e. The van der Waals surface area contributed by atoms with Gasteiger partial charge in [0.2, 0.25) is 5.95 Å². The van der Waals surface area contributed by atoms with Crippen LogP contribution in [0, 0.1) is 5.92 Å². The van der Waals surface area contributed by atoms with E-state index < -0.39 is 0 Å². The number of nitrogens with zero attached hydrogens (tertiary/aromatic N) is 4. The van der Waals surface area contributed by atoms with E-state index in [0.717, 1.165) is 48.5 Å². The van der Waals surface area contributed by atoms with Gasteiger partial charge in [0, 0.05) is 38.3 Å². The van der Waals surface area contributed by atoms with Crippen molar-refractivity contribution < 1.29 is 4.74 Å². The standard InChI is InChI=1S/C25H36N6OS/c1-18-11-14-30(15-12-18)22-16-23(31-13-5-4-6-19(31)2)28-24(27-22)29-25(33)26-17-20-7-9-21(32-3)10-8-20/h7-10,16,18-19H,4-6,11-15,17H2,1-3H3,(H2,26,27,28,29,33)/t19-/m0/s1. The van der Waals surface area contributed by atoms with Gasteiger partial charge in [-0.1, -0.05) is 19.1 Å². The summed E-state index contributed by atoms with van der Waals surface area (Å²) in [5.41, 5.74) is 1.12. The quantitative estimate of drug-likeness (QED) is 0.597. The van der Waals surface area contributed by atoms with Crippen molar-refractivity contribution in [1.82, 2.24) is 15.3 Å². The number of nitrogens with one attached hydrogen (secondary N) is 2. The Morgan fingerprint density at radius 3 is 2.45 bits per heavy atom. The van der Waals surface area contributed by atoms with Crippen molar-refractivity contribution in [1.29, 1.82) is 0 Å². The molecule has 0 aliphatic carbocycles. The number of hydrogen-bond acceptors (Lipinski definition) is 6. The average molecular weight is 469 g/mol. The first-order valence-corrected chi connectivity index (χ1v) is 12.5. The molecule has 7 nitrogen and oxygen atoms in total. The normalized spacial score (nSPS) is 19.3. The van der Waals surface area contributed by atoms with Crippen LogP contribution in [0.5, 0.6) is 5.75 Å². The Labute approximate surface area is 202 Å². The third kappa shape index (κ3) is 6.25. The summed E-state index contributed by atoms with van der Waals surface area (Å²) in [5.74, 6) is 4.16. The largest absolute Gasteiger partial charge is 0.497 e. The van der Waals surface area contributed by atoms with Crippen LogP contribution in [-0.4, -0.2) is 47.9 Å². The summed E-state index contributed by atoms with van der Waals surface area (Å²) >= 11 is 5.57. The molecule has 8 heteroatoms. The van der Waals surface area contributed by atoms with Gasteiger partial charge in [-0.2, -0.15) is 9.97 Å². The molecule has 0 unspecified atom stereocenters. The van der Waals surface area contributed by atoms with E-state index in [2.05, 4.69) is 40.3 Å². The molecule has 1 aromatic carbocycles. The summed E-state index contributed by atoms with van der Waals surface area (Å²) in [6, 6.07) is 10.6. The maximum Gasteiger partial charge on any atom is 0.232 e. The summed E-state index contributed by atoms with van der Waals surface area (Å²) in [6.45, 7) is 8.35. The van der Waals surface area contributed by atoms with Crippen LogP contribution in [0.4, 0.5) is 17.6 Å². The van der Waals surface area contributed by atoms with Gasteiger partial charge in [0.25, 0.3) is 0 Å². The van der Waals surface area contributed by atoms with E-state index in [1.807, 2.05) is 24.3 Å². The molecule has 1 atom stereocenters. The molecule has 2 fully saturated rings. The van der Waals surface area contributed by atoms with Gasteiger partial charge in [0.15, 0.2) is 5.11 Å². The SMILES string of the molecule is COc1ccc(CNC(=S)Nc2nc(N3CCC(C)CC3)cc(N3CCCC[C@@H]3C)n2)cc1. The minimum absolute atomic E-state index is 0.482. The predicted octanol–water partition coefficient (Wildman–Crippen LogP) is 4.59. The van der Waals surface area contributed by atoms with Crippen molar-refractivity contribution in [3.63, 3.8) is 0 Å². The van der Waals surface area contributed by atoms with Crippen LogP contribution in [0.2, 0.25) is 0 Å². The number of piperidine rings is 2. The Morgan fingerprint density at radius 2 is 1.76 bits per heavy atom. The van der Waals surface area contributed by atoms with Crippen LogP contribution in [0.25, 0.3) is 0 Å². The fourth-order valence-corrected chi connectivity index (χ4v) is 4.70. The molecule has 2 N–H and O–H groups in total. The molecule has 178 valence electrons. The number of hydrogen-bond donors (Lipinski definition) is 2. The molecule has 33 heavy (non-hydrogen) atoms. The van der Waals surface area contributed by atoms with Crippen LogP contribution in [0.3, 0.4) is 0 Å². The monoisotopic (exact) mass is 468 g/mol. The summed E-state index contributed by atoms with van der Waals surface area (Å²) in [4.78, 5) is 14.5. The van der Waals surface area contributed by atoms with Crippen molar-refractivity contribution in [2.75, 3.05) is 41.9 Å². The predicted molar refractivity (Wildman–Crippen MR) is 139 cm³/mol. The lowest BCUT2D eigenvalue weighted by Crippen LogP contribution is -2.39. The first-order chi connectivity index (χ1) is 16.0. The van der Waals surface area contributed by atoms with Crippen molar-refractivity contribution in [2.45, 2.75) is 58.5 Å². The van der Waals surface area contributed by atoms with E-state index >= 15 is 0 Å². The van der Waals surface area contributed by atoms with Crippen LogP contribution < -0.4 is 25.2 Å². The molecule has 4 rings (SSSR count). The number of ether oxygens (including phenoxy) is 1. The molecule has 1 aromatic heterocycles. The third-order valence-corrected chi connectivity index (χ3v) is 6.99. The first kappa shape index (κ1) is 23.5. The molecular formula is C25H36N6OS. The highest BCUT2D eigenvalue weighted by Crippen LogP contribution is 2.29. The van der Waals surface area contributed by atoms with Crippen LogP contribution >= 0.6 is 12.2 Å². The Morgan fingerprint density at radius 1 is 1.03 bits per heavy atom. The van der Waals surface area contributed by atoms with E-state index in [1.165, 1.54) is 32.1 Å². The van der Waals surface area contributed by atoms with Crippen LogP contribution in [-0.2, 0) is 6.54 Å².